The van der Waals surface area contributed by atoms with Crippen LogP contribution in [0.25, 0.3) is 11.4 Å². The maximum Gasteiger partial charge on any atom is 0.273 e. The number of rotatable bonds is 5. The second-order valence-electron chi connectivity index (χ2n) is 4.63. The van der Waals surface area contributed by atoms with Gasteiger partial charge in [0.25, 0.3) is 5.91 Å². The Hall–Kier alpha value is -3.03. The van der Waals surface area contributed by atoms with Gasteiger partial charge >= 0.3 is 0 Å². The van der Waals surface area contributed by atoms with Crippen molar-refractivity contribution in [2.24, 2.45) is 0 Å². The quantitative estimate of drug-likeness (QED) is 0.756. The molecule has 0 saturated carbocycles. The van der Waals surface area contributed by atoms with Gasteiger partial charge in [-0.3, -0.25) is 19.4 Å². The number of nitrogens with one attached hydrogen (secondary N) is 1. The smallest absolute Gasteiger partial charge is 0.273 e. The molecule has 3 aromatic heterocycles. The SMILES string of the molecule is Cc1cc(C(=O)NCCn2ccc(-c3cnccn3)n2)no1. The Morgan fingerprint density at radius 3 is 3.00 bits per heavy atom. The van der Waals surface area contributed by atoms with Crippen molar-refractivity contribution >= 4 is 5.91 Å². The Morgan fingerprint density at radius 1 is 1.36 bits per heavy atom. The summed E-state index contributed by atoms with van der Waals surface area (Å²) < 4.78 is 6.60. The van der Waals surface area contributed by atoms with E-state index in [9.17, 15) is 4.79 Å². The van der Waals surface area contributed by atoms with E-state index in [1.165, 1.54) is 0 Å². The molecule has 8 heteroatoms. The van der Waals surface area contributed by atoms with Crippen molar-refractivity contribution in [2.75, 3.05) is 6.54 Å². The van der Waals surface area contributed by atoms with E-state index in [1.54, 1.807) is 36.3 Å². The zero-order valence-electron chi connectivity index (χ0n) is 11.9. The Kier molecular flexibility index (Phi) is 3.90. The lowest BCUT2D eigenvalue weighted by Crippen LogP contribution is -2.27. The third kappa shape index (κ3) is 3.17. The van der Waals surface area contributed by atoms with Crippen LogP contribution in [0.3, 0.4) is 0 Å². The maximum absolute atomic E-state index is 11.8. The lowest BCUT2D eigenvalue weighted by atomic mass is 10.3. The van der Waals surface area contributed by atoms with E-state index in [0.29, 0.717) is 24.5 Å². The highest BCUT2D eigenvalue weighted by molar-refractivity contribution is 5.92. The van der Waals surface area contributed by atoms with Gasteiger partial charge in [-0.05, 0) is 13.0 Å². The maximum atomic E-state index is 11.8. The minimum atomic E-state index is -0.266. The molecule has 3 heterocycles. The van der Waals surface area contributed by atoms with Crippen molar-refractivity contribution < 1.29 is 9.32 Å². The third-order valence-corrected chi connectivity index (χ3v) is 2.95. The van der Waals surface area contributed by atoms with Crippen LogP contribution < -0.4 is 5.32 Å². The molecule has 1 N–H and O–H groups in total. The number of carbonyl (C=O) groups is 1. The second-order valence-corrected chi connectivity index (χ2v) is 4.63. The van der Waals surface area contributed by atoms with E-state index in [1.807, 2.05) is 12.3 Å². The molecule has 0 saturated heterocycles. The van der Waals surface area contributed by atoms with Gasteiger partial charge in [0.05, 0.1) is 12.7 Å². The van der Waals surface area contributed by atoms with Crippen molar-refractivity contribution in [3.8, 4) is 11.4 Å². The highest BCUT2D eigenvalue weighted by atomic mass is 16.5. The van der Waals surface area contributed by atoms with Gasteiger partial charge < -0.3 is 9.84 Å². The molecule has 0 bridgehead atoms. The molecule has 0 radical (unpaired) electrons. The van der Waals surface area contributed by atoms with Crippen LogP contribution >= 0.6 is 0 Å². The van der Waals surface area contributed by atoms with Crippen LogP contribution in [0.5, 0.6) is 0 Å². The first-order chi connectivity index (χ1) is 10.7. The summed E-state index contributed by atoms with van der Waals surface area (Å²) in [6.07, 6.45) is 6.72. The van der Waals surface area contributed by atoms with Crippen LogP contribution in [0.1, 0.15) is 16.2 Å². The molecule has 112 valence electrons. The zero-order chi connectivity index (χ0) is 15.4. The van der Waals surface area contributed by atoms with E-state index < -0.39 is 0 Å². The molecule has 3 rings (SSSR count). The van der Waals surface area contributed by atoms with Gasteiger partial charge in [-0.2, -0.15) is 5.10 Å². The first kappa shape index (κ1) is 13.9. The molecule has 22 heavy (non-hydrogen) atoms. The number of aromatic nitrogens is 5. The number of carbonyl (C=O) groups excluding carboxylic acids is 1. The van der Waals surface area contributed by atoms with E-state index in [-0.39, 0.29) is 11.6 Å². The van der Waals surface area contributed by atoms with Gasteiger partial charge in [-0.15, -0.1) is 0 Å². The summed E-state index contributed by atoms with van der Waals surface area (Å²) in [6, 6.07) is 3.45. The topological polar surface area (TPSA) is 98.7 Å². The highest BCUT2D eigenvalue weighted by Crippen LogP contribution is 2.11. The number of amides is 1. The van der Waals surface area contributed by atoms with E-state index in [2.05, 4.69) is 25.5 Å². The second kappa shape index (κ2) is 6.17. The molecule has 3 aromatic rings. The minimum absolute atomic E-state index is 0.266. The van der Waals surface area contributed by atoms with Crippen LogP contribution in [0, 0.1) is 6.92 Å². The summed E-state index contributed by atoms with van der Waals surface area (Å²) in [4.78, 5) is 20.0. The van der Waals surface area contributed by atoms with Gasteiger partial charge in [0, 0.05) is 31.2 Å². The van der Waals surface area contributed by atoms with Gasteiger partial charge in [0.2, 0.25) is 0 Å². The number of aryl methyl sites for hydroxylation is 1. The zero-order valence-corrected chi connectivity index (χ0v) is 11.9. The predicted octanol–water partition coefficient (Wildman–Crippen LogP) is 1.07. The van der Waals surface area contributed by atoms with E-state index >= 15 is 0 Å². The molecule has 0 spiro atoms. The van der Waals surface area contributed by atoms with Gasteiger partial charge in [-0.25, -0.2) is 0 Å². The predicted molar refractivity (Wildman–Crippen MR) is 76.8 cm³/mol. The summed E-state index contributed by atoms with van der Waals surface area (Å²) >= 11 is 0. The number of hydrogen-bond acceptors (Lipinski definition) is 6. The van der Waals surface area contributed by atoms with Crippen LogP contribution in [-0.4, -0.2) is 37.4 Å². The van der Waals surface area contributed by atoms with Crippen molar-refractivity contribution in [3.05, 3.63) is 48.4 Å². The normalized spacial score (nSPS) is 10.6. The molecule has 0 aromatic carbocycles. The van der Waals surface area contributed by atoms with Crippen LogP contribution in [0.2, 0.25) is 0 Å². The molecule has 0 aliphatic carbocycles. The average Bonchev–Trinajstić information content (AvgIpc) is 3.17. The highest BCUT2D eigenvalue weighted by Gasteiger charge is 2.10. The molecule has 0 fully saturated rings. The molecule has 0 aliphatic rings. The molecule has 0 atom stereocenters. The first-order valence-corrected chi connectivity index (χ1v) is 6.74. The van der Waals surface area contributed by atoms with Gasteiger partial charge in [0.15, 0.2) is 5.69 Å². The lowest BCUT2D eigenvalue weighted by Gasteiger charge is -2.03. The van der Waals surface area contributed by atoms with Gasteiger partial charge in [-0.1, -0.05) is 5.16 Å². The van der Waals surface area contributed by atoms with Gasteiger partial charge in [0.1, 0.15) is 17.1 Å². The Morgan fingerprint density at radius 2 is 2.27 bits per heavy atom. The van der Waals surface area contributed by atoms with Crippen LogP contribution in [0.4, 0.5) is 0 Å². The largest absolute Gasteiger partial charge is 0.361 e. The van der Waals surface area contributed by atoms with Crippen LogP contribution in [0.15, 0.2) is 41.4 Å². The average molecular weight is 298 g/mol. The number of nitrogens with zero attached hydrogens (tertiary/aromatic N) is 5. The Balaban J connectivity index is 1.54. The fourth-order valence-corrected chi connectivity index (χ4v) is 1.90. The summed E-state index contributed by atoms with van der Waals surface area (Å²) in [5, 5.41) is 10.8. The monoisotopic (exact) mass is 298 g/mol. The molecular formula is C14H14N6O2. The summed E-state index contributed by atoms with van der Waals surface area (Å²) in [6.45, 7) is 2.72. The molecule has 0 aliphatic heterocycles. The van der Waals surface area contributed by atoms with Crippen molar-refractivity contribution in [2.45, 2.75) is 13.5 Å². The summed E-state index contributed by atoms with van der Waals surface area (Å²) in [5.74, 6) is 0.337. The summed E-state index contributed by atoms with van der Waals surface area (Å²) in [5.41, 5.74) is 1.73. The fourth-order valence-electron chi connectivity index (χ4n) is 1.90. The minimum Gasteiger partial charge on any atom is -0.361 e. The molecular weight excluding hydrogens is 284 g/mol. The van der Waals surface area contributed by atoms with E-state index in [4.69, 9.17) is 4.52 Å². The van der Waals surface area contributed by atoms with Crippen molar-refractivity contribution in [1.82, 2.24) is 30.2 Å². The van der Waals surface area contributed by atoms with Crippen LogP contribution in [-0.2, 0) is 6.54 Å². The molecule has 0 unspecified atom stereocenters. The van der Waals surface area contributed by atoms with Crippen molar-refractivity contribution in [3.63, 3.8) is 0 Å². The number of hydrogen-bond donors (Lipinski definition) is 1. The Labute approximate surface area is 126 Å². The summed E-state index contributed by atoms with van der Waals surface area (Å²) in [7, 11) is 0. The lowest BCUT2D eigenvalue weighted by molar-refractivity contribution is 0.0943. The fraction of sp³-hybridized carbons (Fsp3) is 0.214. The first-order valence-electron chi connectivity index (χ1n) is 6.74. The Bertz CT molecular complexity index is 765. The third-order valence-electron chi connectivity index (χ3n) is 2.95. The standard InChI is InChI=1S/C14H14N6O2/c1-10-8-12(19-22-10)14(21)17-5-7-20-6-2-11(18-20)13-9-15-3-4-16-13/h2-4,6,8-9H,5,7H2,1H3,(H,17,21). The van der Waals surface area contributed by atoms with Crippen molar-refractivity contribution in [1.29, 1.82) is 0 Å². The van der Waals surface area contributed by atoms with E-state index in [0.717, 1.165) is 5.69 Å². The molecule has 8 nitrogen and oxygen atoms in total. The molecule has 1 amide bonds.